The highest BCUT2D eigenvalue weighted by Gasteiger charge is 2.47. The number of carbonyl (C=O) groups excluding carboxylic acids is 1. The van der Waals surface area contributed by atoms with Gasteiger partial charge < -0.3 is 10.6 Å². The highest BCUT2D eigenvalue weighted by atomic mass is 16.2. The molecule has 0 spiro atoms. The molecule has 4 heteroatoms. The first-order chi connectivity index (χ1) is 6.14. The molecule has 1 aliphatic carbocycles. The van der Waals surface area contributed by atoms with Crippen LogP contribution >= 0.6 is 0 Å². The van der Waals surface area contributed by atoms with Gasteiger partial charge in [-0.1, -0.05) is 0 Å². The van der Waals surface area contributed by atoms with Gasteiger partial charge in [0.25, 0.3) is 0 Å². The van der Waals surface area contributed by atoms with Crippen molar-refractivity contribution in [2.24, 2.45) is 5.73 Å². The van der Waals surface area contributed by atoms with E-state index in [-0.39, 0.29) is 5.91 Å². The van der Waals surface area contributed by atoms with Gasteiger partial charge in [-0.25, -0.2) is 0 Å². The molecule has 1 saturated carbocycles. The van der Waals surface area contributed by atoms with E-state index in [0.29, 0.717) is 19.5 Å². The zero-order valence-corrected chi connectivity index (χ0v) is 7.92. The maximum absolute atomic E-state index is 11.7. The van der Waals surface area contributed by atoms with Gasteiger partial charge in [-0.3, -0.25) is 4.79 Å². The second kappa shape index (κ2) is 3.75. The van der Waals surface area contributed by atoms with Crippen molar-refractivity contribution in [2.75, 3.05) is 13.1 Å². The minimum Gasteiger partial charge on any atom is -0.340 e. The minimum absolute atomic E-state index is 0.00486. The molecule has 0 aliphatic heterocycles. The number of hydrogen-bond donors (Lipinski definition) is 1. The number of carbonyl (C=O) groups is 1. The summed E-state index contributed by atoms with van der Waals surface area (Å²) in [6, 6.07) is 2.02. The third-order valence-electron chi connectivity index (χ3n) is 2.38. The first kappa shape index (κ1) is 10.0. The molecular weight excluding hydrogens is 166 g/mol. The third kappa shape index (κ3) is 2.19. The van der Waals surface area contributed by atoms with Crippen LogP contribution in [0.2, 0.25) is 0 Å². The van der Waals surface area contributed by atoms with Gasteiger partial charge in [0.1, 0.15) is 0 Å². The van der Waals surface area contributed by atoms with Crippen LogP contribution in [-0.2, 0) is 4.79 Å². The van der Waals surface area contributed by atoms with Crippen LogP contribution in [0.4, 0.5) is 0 Å². The molecule has 0 unspecified atom stereocenters. The lowest BCUT2D eigenvalue weighted by atomic mass is 10.2. The van der Waals surface area contributed by atoms with E-state index in [9.17, 15) is 4.79 Å². The number of amides is 1. The predicted molar refractivity (Wildman–Crippen MR) is 48.6 cm³/mol. The molecule has 4 nitrogen and oxygen atoms in total. The van der Waals surface area contributed by atoms with Crippen molar-refractivity contribution in [3.63, 3.8) is 0 Å². The van der Waals surface area contributed by atoms with E-state index in [1.54, 1.807) is 4.90 Å². The summed E-state index contributed by atoms with van der Waals surface area (Å²) in [5.41, 5.74) is 5.17. The molecule has 0 aromatic heterocycles. The van der Waals surface area contributed by atoms with Crippen LogP contribution in [0.25, 0.3) is 0 Å². The molecule has 0 aromatic rings. The Morgan fingerprint density at radius 3 is 2.69 bits per heavy atom. The van der Waals surface area contributed by atoms with Crippen LogP contribution < -0.4 is 5.73 Å². The SMILES string of the molecule is CCN(CCC#N)C(=O)C1(N)CC1. The Balaban J connectivity index is 2.47. The fraction of sp³-hybridized carbons (Fsp3) is 0.778. The first-order valence-electron chi connectivity index (χ1n) is 4.59. The average molecular weight is 181 g/mol. The highest BCUT2D eigenvalue weighted by molar-refractivity contribution is 5.89. The van der Waals surface area contributed by atoms with Gasteiger partial charge in [0, 0.05) is 13.1 Å². The van der Waals surface area contributed by atoms with Gasteiger partial charge in [0.05, 0.1) is 18.0 Å². The normalized spacial score (nSPS) is 17.6. The van der Waals surface area contributed by atoms with Gasteiger partial charge in [-0.05, 0) is 19.8 Å². The van der Waals surface area contributed by atoms with Crippen molar-refractivity contribution >= 4 is 5.91 Å². The fourth-order valence-corrected chi connectivity index (χ4v) is 1.25. The molecule has 13 heavy (non-hydrogen) atoms. The van der Waals surface area contributed by atoms with Crippen molar-refractivity contribution in [1.82, 2.24) is 4.90 Å². The van der Waals surface area contributed by atoms with Gasteiger partial charge in [-0.15, -0.1) is 0 Å². The summed E-state index contributed by atoms with van der Waals surface area (Å²) >= 11 is 0. The van der Waals surface area contributed by atoms with Gasteiger partial charge in [0.15, 0.2) is 0 Å². The monoisotopic (exact) mass is 181 g/mol. The summed E-state index contributed by atoms with van der Waals surface area (Å²) in [6.07, 6.45) is 1.96. The van der Waals surface area contributed by atoms with E-state index < -0.39 is 5.54 Å². The lowest BCUT2D eigenvalue weighted by Crippen LogP contribution is -2.45. The Hall–Kier alpha value is -1.08. The fourth-order valence-electron chi connectivity index (χ4n) is 1.25. The lowest BCUT2D eigenvalue weighted by Gasteiger charge is -2.22. The number of likely N-dealkylation sites (N-methyl/N-ethyl adjacent to an activating group) is 1. The van der Waals surface area contributed by atoms with E-state index in [1.807, 2.05) is 13.0 Å². The Morgan fingerprint density at radius 1 is 1.69 bits per heavy atom. The van der Waals surface area contributed by atoms with Crippen LogP contribution in [-0.4, -0.2) is 29.4 Å². The number of nitrogens with zero attached hydrogens (tertiary/aromatic N) is 2. The van der Waals surface area contributed by atoms with E-state index in [2.05, 4.69) is 0 Å². The van der Waals surface area contributed by atoms with Crippen LogP contribution in [0.5, 0.6) is 0 Å². The molecule has 1 rings (SSSR count). The molecule has 0 heterocycles. The Bertz CT molecular complexity index is 240. The maximum Gasteiger partial charge on any atom is 0.242 e. The summed E-state index contributed by atoms with van der Waals surface area (Å²) < 4.78 is 0. The molecule has 1 aliphatic rings. The largest absolute Gasteiger partial charge is 0.340 e. The summed E-state index contributed by atoms with van der Waals surface area (Å²) in [7, 11) is 0. The van der Waals surface area contributed by atoms with Gasteiger partial charge in [0.2, 0.25) is 5.91 Å². The topological polar surface area (TPSA) is 70.1 Å². The smallest absolute Gasteiger partial charge is 0.242 e. The Morgan fingerprint density at radius 2 is 2.31 bits per heavy atom. The molecule has 1 amide bonds. The number of nitriles is 1. The van der Waals surface area contributed by atoms with Crippen molar-refractivity contribution in [1.29, 1.82) is 5.26 Å². The van der Waals surface area contributed by atoms with E-state index >= 15 is 0 Å². The van der Waals surface area contributed by atoms with Gasteiger partial charge >= 0.3 is 0 Å². The van der Waals surface area contributed by atoms with Crippen molar-refractivity contribution in [2.45, 2.75) is 31.7 Å². The first-order valence-corrected chi connectivity index (χ1v) is 4.59. The van der Waals surface area contributed by atoms with Crippen molar-refractivity contribution < 1.29 is 4.79 Å². The quantitative estimate of drug-likeness (QED) is 0.675. The maximum atomic E-state index is 11.7. The molecule has 1 fully saturated rings. The number of hydrogen-bond acceptors (Lipinski definition) is 3. The molecule has 0 radical (unpaired) electrons. The molecule has 0 atom stereocenters. The third-order valence-corrected chi connectivity index (χ3v) is 2.38. The molecule has 0 saturated heterocycles. The molecule has 0 aromatic carbocycles. The van der Waals surface area contributed by atoms with Crippen LogP contribution in [0.1, 0.15) is 26.2 Å². The van der Waals surface area contributed by atoms with Crippen LogP contribution in [0.15, 0.2) is 0 Å². The lowest BCUT2D eigenvalue weighted by molar-refractivity contribution is -0.133. The summed E-state index contributed by atoms with van der Waals surface area (Å²) in [5, 5.41) is 8.39. The second-order valence-corrected chi connectivity index (χ2v) is 3.45. The molecule has 0 bridgehead atoms. The Labute approximate surface area is 78.3 Å². The van der Waals surface area contributed by atoms with E-state index in [0.717, 1.165) is 12.8 Å². The average Bonchev–Trinajstić information content (AvgIpc) is 2.86. The second-order valence-electron chi connectivity index (χ2n) is 3.45. The number of nitrogens with two attached hydrogens (primary N) is 1. The zero-order valence-electron chi connectivity index (χ0n) is 7.92. The van der Waals surface area contributed by atoms with E-state index in [1.165, 1.54) is 0 Å². The standard InChI is InChI=1S/C9H15N3O/c1-2-12(7-3-6-10)8(13)9(11)4-5-9/h2-5,7,11H2,1H3. The summed E-state index contributed by atoms with van der Waals surface area (Å²) in [4.78, 5) is 13.3. The predicted octanol–water partition coefficient (Wildman–Crippen LogP) is 0.240. The summed E-state index contributed by atoms with van der Waals surface area (Å²) in [6.45, 7) is 3.05. The highest BCUT2D eigenvalue weighted by Crippen LogP contribution is 2.34. The molecular formula is C9H15N3O. The molecule has 72 valence electrons. The van der Waals surface area contributed by atoms with E-state index in [4.69, 9.17) is 11.0 Å². The van der Waals surface area contributed by atoms with Crippen LogP contribution in [0, 0.1) is 11.3 Å². The van der Waals surface area contributed by atoms with Gasteiger partial charge in [-0.2, -0.15) is 5.26 Å². The Kier molecular flexibility index (Phi) is 2.89. The van der Waals surface area contributed by atoms with Crippen molar-refractivity contribution in [3.05, 3.63) is 0 Å². The van der Waals surface area contributed by atoms with Crippen molar-refractivity contribution in [3.8, 4) is 6.07 Å². The van der Waals surface area contributed by atoms with Crippen LogP contribution in [0.3, 0.4) is 0 Å². The molecule has 2 N–H and O–H groups in total. The zero-order chi connectivity index (χ0) is 9.90. The number of rotatable bonds is 4. The summed E-state index contributed by atoms with van der Waals surface area (Å²) in [5.74, 6) is 0.00486. The minimum atomic E-state index is -0.592.